The van der Waals surface area contributed by atoms with E-state index in [2.05, 4.69) is 14.6 Å². The van der Waals surface area contributed by atoms with E-state index in [4.69, 9.17) is 4.74 Å². The minimum absolute atomic E-state index is 0.140. The molecule has 5 rings (SSSR count). The number of pyridine rings is 1. The van der Waals surface area contributed by atoms with E-state index in [1.165, 1.54) is 0 Å². The minimum Gasteiger partial charge on any atom is -0.457 e. The highest BCUT2D eigenvalue weighted by molar-refractivity contribution is 7.89. The Bertz CT molecular complexity index is 1130. The van der Waals surface area contributed by atoms with Gasteiger partial charge in [0.1, 0.15) is 16.4 Å². The summed E-state index contributed by atoms with van der Waals surface area (Å²) in [5, 5.41) is 0. The van der Waals surface area contributed by atoms with Crippen LogP contribution in [0.25, 0.3) is 11.3 Å². The number of sulfonamides is 1. The Morgan fingerprint density at radius 1 is 1.04 bits per heavy atom. The number of hydrogen-bond donors (Lipinski definition) is 1. The van der Waals surface area contributed by atoms with Crippen LogP contribution in [-0.4, -0.2) is 26.1 Å². The second kappa shape index (κ2) is 6.61. The van der Waals surface area contributed by atoms with Gasteiger partial charge < -0.3 is 9.64 Å². The van der Waals surface area contributed by atoms with Crippen molar-refractivity contribution in [2.24, 2.45) is 0 Å². The van der Waals surface area contributed by atoms with Gasteiger partial charge in [-0.3, -0.25) is 4.98 Å². The van der Waals surface area contributed by atoms with Crippen LogP contribution >= 0.6 is 0 Å². The Kier molecular flexibility index (Phi) is 4.07. The lowest BCUT2D eigenvalue weighted by Crippen LogP contribution is -2.48. The third-order valence-electron chi connectivity index (χ3n) is 5.10. The molecule has 1 unspecified atom stereocenters. The first-order chi connectivity index (χ1) is 13.6. The molecule has 1 fully saturated rings. The number of rotatable bonds is 3. The van der Waals surface area contributed by atoms with E-state index in [-0.39, 0.29) is 11.1 Å². The third kappa shape index (κ3) is 3.02. The molecule has 1 aromatic heterocycles. The van der Waals surface area contributed by atoms with Crippen LogP contribution in [0.5, 0.6) is 11.5 Å². The van der Waals surface area contributed by atoms with Crippen molar-refractivity contribution < 1.29 is 13.2 Å². The van der Waals surface area contributed by atoms with Gasteiger partial charge >= 0.3 is 0 Å². The number of nitrogens with zero attached hydrogens (tertiary/aromatic N) is 2. The zero-order valence-electron chi connectivity index (χ0n) is 15.1. The molecule has 7 heteroatoms. The average molecular weight is 393 g/mol. The van der Waals surface area contributed by atoms with Crippen molar-refractivity contribution in [2.75, 3.05) is 11.4 Å². The van der Waals surface area contributed by atoms with E-state index in [9.17, 15) is 8.42 Å². The highest BCUT2D eigenvalue weighted by Gasteiger charge is 2.37. The smallest absolute Gasteiger partial charge is 0.244 e. The zero-order valence-corrected chi connectivity index (χ0v) is 15.9. The van der Waals surface area contributed by atoms with Gasteiger partial charge in [0.2, 0.25) is 10.0 Å². The number of aromatic nitrogens is 1. The molecule has 0 amide bonds. The van der Waals surface area contributed by atoms with Crippen molar-refractivity contribution in [3.05, 3.63) is 66.9 Å². The van der Waals surface area contributed by atoms with E-state index >= 15 is 0 Å². The van der Waals surface area contributed by atoms with Gasteiger partial charge in [-0.25, -0.2) is 8.42 Å². The van der Waals surface area contributed by atoms with Crippen molar-refractivity contribution in [3.63, 3.8) is 0 Å². The van der Waals surface area contributed by atoms with Crippen LogP contribution in [0.3, 0.4) is 0 Å². The molecular formula is C21H19N3O3S. The van der Waals surface area contributed by atoms with Gasteiger partial charge in [-0.1, -0.05) is 18.2 Å². The highest BCUT2D eigenvalue weighted by atomic mass is 32.2. The van der Waals surface area contributed by atoms with Gasteiger partial charge in [0.15, 0.2) is 0 Å². The largest absolute Gasteiger partial charge is 0.457 e. The Hall–Kier alpha value is -2.90. The van der Waals surface area contributed by atoms with E-state index in [1.54, 1.807) is 12.3 Å². The molecule has 3 aromatic rings. The van der Waals surface area contributed by atoms with Crippen molar-refractivity contribution in [1.82, 2.24) is 9.71 Å². The number of fused-ring (bicyclic) bond motifs is 3. The number of anilines is 1. The van der Waals surface area contributed by atoms with E-state index in [0.29, 0.717) is 11.5 Å². The monoisotopic (exact) mass is 393 g/mol. The molecule has 0 radical (unpaired) electrons. The minimum atomic E-state index is -3.54. The van der Waals surface area contributed by atoms with Crippen molar-refractivity contribution >= 4 is 15.7 Å². The van der Waals surface area contributed by atoms with Crippen LogP contribution < -0.4 is 14.4 Å². The molecule has 6 nitrogen and oxygen atoms in total. The van der Waals surface area contributed by atoms with Gasteiger partial charge in [0.25, 0.3) is 0 Å². The summed E-state index contributed by atoms with van der Waals surface area (Å²) >= 11 is 0. The zero-order chi connectivity index (χ0) is 19.1. The van der Waals surface area contributed by atoms with E-state index in [1.807, 2.05) is 54.6 Å². The molecule has 1 N–H and O–H groups in total. The second-order valence-electron chi connectivity index (χ2n) is 6.95. The van der Waals surface area contributed by atoms with Gasteiger partial charge in [-0.05, 0) is 49.2 Å². The summed E-state index contributed by atoms with van der Waals surface area (Å²) in [4.78, 5) is 6.74. The fourth-order valence-corrected chi connectivity index (χ4v) is 5.28. The van der Waals surface area contributed by atoms with Gasteiger partial charge in [0, 0.05) is 24.4 Å². The van der Waals surface area contributed by atoms with Crippen LogP contribution in [0.15, 0.2) is 71.8 Å². The van der Waals surface area contributed by atoms with Crippen LogP contribution in [0.2, 0.25) is 0 Å². The first kappa shape index (κ1) is 17.2. The third-order valence-corrected chi connectivity index (χ3v) is 6.59. The second-order valence-corrected chi connectivity index (χ2v) is 8.63. The molecule has 1 atom stereocenters. The van der Waals surface area contributed by atoms with Crippen LogP contribution in [0, 0.1) is 0 Å². The lowest BCUT2D eigenvalue weighted by molar-refractivity contribution is 0.479. The van der Waals surface area contributed by atoms with Crippen molar-refractivity contribution in [2.45, 2.75) is 23.9 Å². The summed E-state index contributed by atoms with van der Waals surface area (Å²) in [5.74, 6) is 1.11. The van der Waals surface area contributed by atoms with Crippen LogP contribution in [0.4, 0.5) is 5.69 Å². The van der Waals surface area contributed by atoms with Gasteiger partial charge in [0.05, 0.1) is 17.5 Å². The SMILES string of the molecule is O=S1(=O)NC2CCCN2c2ccc(Oc3cccc(-c4ccccn4)c3)cc21. The van der Waals surface area contributed by atoms with Gasteiger partial charge in [-0.2, -0.15) is 4.72 Å². The molecular weight excluding hydrogens is 374 g/mol. The molecule has 1 saturated heterocycles. The number of benzene rings is 2. The summed E-state index contributed by atoms with van der Waals surface area (Å²) in [6.45, 7) is 0.854. The lowest BCUT2D eigenvalue weighted by atomic mass is 10.1. The molecule has 0 bridgehead atoms. The van der Waals surface area contributed by atoms with Crippen molar-refractivity contribution in [1.29, 1.82) is 0 Å². The summed E-state index contributed by atoms with van der Waals surface area (Å²) in [5.41, 5.74) is 2.53. The molecule has 0 aliphatic carbocycles. The molecule has 2 aromatic carbocycles. The summed E-state index contributed by atoms with van der Waals surface area (Å²) in [6, 6.07) is 18.6. The normalized spacial score (nSPS) is 19.7. The van der Waals surface area contributed by atoms with Crippen molar-refractivity contribution in [3.8, 4) is 22.8 Å². The molecule has 0 spiro atoms. The van der Waals surface area contributed by atoms with Crippen LogP contribution in [0.1, 0.15) is 12.8 Å². The Morgan fingerprint density at radius 2 is 1.93 bits per heavy atom. The van der Waals surface area contributed by atoms with Crippen LogP contribution in [-0.2, 0) is 10.0 Å². The number of hydrogen-bond acceptors (Lipinski definition) is 5. The standard InChI is InChI=1S/C21H19N3O3S/c25-28(26)20-14-17(9-10-19(20)24-12-4-8-21(24)23-28)27-16-6-3-5-15(13-16)18-7-1-2-11-22-18/h1-3,5-7,9-11,13-14,21,23H,4,8,12H2. The maximum atomic E-state index is 12.7. The summed E-state index contributed by atoms with van der Waals surface area (Å²) in [6.07, 6.45) is 3.41. The molecule has 28 heavy (non-hydrogen) atoms. The first-order valence-corrected chi connectivity index (χ1v) is 10.7. The Morgan fingerprint density at radius 3 is 2.79 bits per heavy atom. The Labute approximate surface area is 163 Å². The quantitative estimate of drug-likeness (QED) is 0.734. The summed E-state index contributed by atoms with van der Waals surface area (Å²) in [7, 11) is -3.54. The molecule has 0 saturated carbocycles. The maximum Gasteiger partial charge on any atom is 0.244 e. The predicted octanol–water partition coefficient (Wildman–Crippen LogP) is 3.76. The molecule has 142 valence electrons. The fraction of sp³-hybridized carbons (Fsp3) is 0.190. The number of nitrogens with one attached hydrogen (secondary N) is 1. The van der Waals surface area contributed by atoms with E-state index < -0.39 is 10.0 Å². The molecule has 3 heterocycles. The maximum absolute atomic E-state index is 12.7. The first-order valence-electron chi connectivity index (χ1n) is 9.22. The summed E-state index contributed by atoms with van der Waals surface area (Å²) < 4.78 is 34.1. The van der Waals surface area contributed by atoms with E-state index in [0.717, 1.165) is 36.3 Å². The van der Waals surface area contributed by atoms with Gasteiger partial charge in [-0.15, -0.1) is 0 Å². The lowest BCUT2D eigenvalue weighted by Gasteiger charge is -2.33. The highest BCUT2D eigenvalue weighted by Crippen LogP contribution is 2.38. The number of ether oxygens (including phenoxy) is 1. The fourth-order valence-electron chi connectivity index (χ4n) is 3.82. The Balaban J connectivity index is 1.48. The molecule has 2 aliphatic rings. The topological polar surface area (TPSA) is 71.5 Å². The average Bonchev–Trinajstić information content (AvgIpc) is 3.16. The predicted molar refractivity (Wildman–Crippen MR) is 107 cm³/mol. The molecule has 2 aliphatic heterocycles.